The largest absolute Gasteiger partial charge is 0.490 e. The predicted molar refractivity (Wildman–Crippen MR) is 116 cm³/mol. The van der Waals surface area contributed by atoms with Crippen LogP contribution in [0.2, 0.25) is 0 Å². The van der Waals surface area contributed by atoms with Gasteiger partial charge in [0.1, 0.15) is 0 Å². The Morgan fingerprint density at radius 1 is 0.966 bits per heavy atom. The third-order valence-corrected chi connectivity index (χ3v) is 4.99. The number of nitrogens with zero attached hydrogens (tertiary/aromatic N) is 2. The van der Waals surface area contributed by atoms with Crippen LogP contribution in [0.25, 0.3) is 6.08 Å². The number of likely N-dealkylation sites (N-methyl/N-ethyl adjacent to an activating group) is 1. The molecule has 154 valence electrons. The molecule has 0 unspecified atom stereocenters. The minimum atomic E-state index is -0.126. The fourth-order valence-corrected chi connectivity index (χ4v) is 3.22. The highest BCUT2D eigenvalue weighted by Crippen LogP contribution is 2.29. The smallest absolute Gasteiger partial charge is 0.194 e. The van der Waals surface area contributed by atoms with E-state index in [2.05, 4.69) is 16.8 Å². The number of hydrogen-bond acceptors (Lipinski definition) is 5. The van der Waals surface area contributed by atoms with Crippen LogP contribution in [0.15, 0.2) is 60.4 Å². The molecule has 1 aliphatic heterocycles. The standard InChI is InChI=1S/C24H30N2O3/c1-20(27)24(19-21-9-4-3-5-10-21)29-23-12-7-6-11-22(23)28-18-8-13-26-16-14-25(2)15-17-26/h3-7,9-12,19H,8,13-18H2,1-2H3. The van der Waals surface area contributed by atoms with Crippen LogP contribution in [0, 0.1) is 0 Å². The van der Waals surface area contributed by atoms with Gasteiger partial charge in [0.05, 0.1) is 6.61 Å². The topological polar surface area (TPSA) is 42.0 Å². The first-order valence-electron chi connectivity index (χ1n) is 10.2. The average molecular weight is 395 g/mol. The van der Waals surface area contributed by atoms with Crippen LogP contribution in [0.3, 0.4) is 0 Å². The molecule has 3 rings (SSSR count). The highest BCUT2D eigenvalue weighted by molar-refractivity contribution is 5.96. The summed E-state index contributed by atoms with van der Waals surface area (Å²) in [7, 11) is 2.17. The molecule has 1 fully saturated rings. The summed E-state index contributed by atoms with van der Waals surface area (Å²) in [6.45, 7) is 7.63. The zero-order valence-corrected chi connectivity index (χ0v) is 17.3. The number of allylic oxidation sites excluding steroid dienone is 1. The Morgan fingerprint density at radius 3 is 2.31 bits per heavy atom. The summed E-state index contributed by atoms with van der Waals surface area (Å²) in [6, 6.07) is 17.2. The van der Waals surface area contributed by atoms with Gasteiger partial charge in [0.15, 0.2) is 23.0 Å². The summed E-state index contributed by atoms with van der Waals surface area (Å²) >= 11 is 0. The van der Waals surface area contributed by atoms with E-state index in [0.29, 0.717) is 23.9 Å². The van der Waals surface area contributed by atoms with Crippen LogP contribution < -0.4 is 9.47 Å². The lowest BCUT2D eigenvalue weighted by Gasteiger charge is -2.32. The van der Waals surface area contributed by atoms with E-state index in [1.165, 1.54) is 6.92 Å². The van der Waals surface area contributed by atoms with Gasteiger partial charge in [-0.2, -0.15) is 0 Å². The van der Waals surface area contributed by atoms with Crippen molar-refractivity contribution >= 4 is 11.9 Å². The number of Topliss-reactive ketones (excluding diaryl/α,β-unsaturated/α-hetero) is 1. The Morgan fingerprint density at radius 2 is 1.62 bits per heavy atom. The summed E-state index contributed by atoms with van der Waals surface area (Å²) in [6.07, 6.45) is 2.71. The summed E-state index contributed by atoms with van der Waals surface area (Å²) in [4.78, 5) is 16.9. The number of carbonyl (C=O) groups excluding carboxylic acids is 1. The van der Waals surface area contributed by atoms with Gasteiger partial charge in [-0.3, -0.25) is 4.79 Å². The lowest BCUT2D eigenvalue weighted by Crippen LogP contribution is -2.44. The normalized spacial score (nSPS) is 15.9. The summed E-state index contributed by atoms with van der Waals surface area (Å²) in [5.74, 6) is 1.39. The van der Waals surface area contributed by atoms with Crippen molar-refractivity contribution in [3.8, 4) is 11.5 Å². The van der Waals surface area contributed by atoms with E-state index in [4.69, 9.17) is 9.47 Å². The van der Waals surface area contributed by atoms with Gasteiger partial charge in [-0.05, 0) is 37.2 Å². The maximum absolute atomic E-state index is 12.1. The molecule has 1 saturated heterocycles. The molecule has 0 atom stereocenters. The Balaban J connectivity index is 1.58. The van der Waals surface area contributed by atoms with Gasteiger partial charge < -0.3 is 19.3 Å². The minimum Gasteiger partial charge on any atom is -0.490 e. The first-order valence-corrected chi connectivity index (χ1v) is 10.2. The molecule has 29 heavy (non-hydrogen) atoms. The molecule has 0 amide bonds. The van der Waals surface area contributed by atoms with Gasteiger partial charge in [-0.25, -0.2) is 0 Å². The molecule has 1 aliphatic rings. The molecule has 0 bridgehead atoms. The summed E-state index contributed by atoms with van der Waals surface area (Å²) in [5, 5.41) is 0. The predicted octanol–water partition coefficient (Wildman–Crippen LogP) is 3.71. The van der Waals surface area contributed by atoms with E-state index >= 15 is 0 Å². The molecule has 0 aromatic heterocycles. The van der Waals surface area contributed by atoms with Crippen LogP contribution >= 0.6 is 0 Å². The number of rotatable bonds is 9. The van der Waals surface area contributed by atoms with Crippen molar-refractivity contribution in [3.05, 3.63) is 65.9 Å². The maximum atomic E-state index is 12.1. The van der Waals surface area contributed by atoms with Crippen molar-refractivity contribution in [2.75, 3.05) is 46.4 Å². The fraction of sp³-hybridized carbons (Fsp3) is 0.375. The number of carbonyl (C=O) groups is 1. The molecule has 5 heteroatoms. The van der Waals surface area contributed by atoms with Crippen molar-refractivity contribution in [3.63, 3.8) is 0 Å². The van der Waals surface area contributed by atoms with Gasteiger partial charge in [-0.1, -0.05) is 42.5 Å². The quantitative estimate of drug-likeness (QED) is 0.368. The summed E-state index contributed by atoms with van der Waals surface area (Å²) in [5.41, 5.74) is 0.920. The third-order valence-electron chi connectivity index (χ3n) is 4.99. The molecule has 0 saturated carbocycles. The zero-order chi connectivity index (χ0) is 20.5. The maximum Gasteiger partial charge on any atom is 0.194 e. The first-order chi connectivity index (χ1) is 14.1. The molecule has 0 aliphatic carbocycles. The highest BCUT2D eigenvalue weighted by Gasteiger charge is 2.14. The van der Waals surface area contributed by atoms with Gasteiger partial charge in [0.25, 0.3) is 0 Å². The highest BCUT2D eigenvalue weighted by atomic mass is 16.5. The van der Waals surface area contributed by atoms with E-state index in [0.717, 1.165) is 44.7 Å². The summed E-state index contributed by atoms with van der Waals surface area (Å²) < 4.78 is 11.9. The number of hydrogen-bond donors (Lipinski definition) is 0. The third kappa shape index (κ3) is 6.73. The van der Waals surface area contributed by atoms with Crippen LogP contribution in [0.1, 0.15) is 18.9 Å². The molecule has 0 radical (unpaired) electrons. The van der Waals surface area contributed by atoms with Crippen molar-refractivity contribution in [2.24, 2.45) is 0 Å². The second-order valence-electron chi connectivity index (χ2n) is 7.37. The molecule has 2 aromatic rings. The lowest BCUT2D eigenvalue weighted by molar-refractivity contribution is -0.115. The lowest BCUT2D eigenvalue weighted by atomic mass is 10.2. The van der Waals surface area contributed by atoms with E-state index in [9.17, 15) is 4.79 Å². The number of ketones is 1. The fourth-order valence-electron chi connectivity index (χ4n) is 3.22. The van der Waals surface area contributed by atoms with Gasteiger partial charge in [0, 0.05) is 39.6 Å². The average Bonchev–Trinajstić information content (AvgIpc) is 2.73. The monoisotopic (exact) mass is 394 g/mol. The Hall–Kier alpha value is -2.63. The molecule has 1 heterocycles. The van der Waals surface area contributed by atoms with E-state index < -0.39 is 0 Å². The van der Waals surface area contributed by atoms with Crippen LogP contribution in [-0.2, 0) is 4.79 Å². The van der Waals surface area contributed by atoms with Crippen molar-refractivity contribution in [1.29, 1.82) is 0 Å². The van der Waals surface area contributed by atoms with E-state index in [1.807, 2.05) is 54.6 Å². The van der Waals surface area contributed by atoms with E-state index in [1.54, 1.807) is 6.08 Å². The van der Waals surface area contributed by atoms with Crippen LogP contribution in [0.5, 0.6) is 11.5 Å². The number of para-hydroxylation sites is 2. The Bertz CT molecular complexity index is 812. The van der Waals surface area contributed by atoms with Crippen molar-refractivity contribution in [1.82, 2.24) is 9.80 Å². The van der Waals surface area contributed by atoms with Crippen LogP contribution in [0.4, 0.5) is 0 Å². The van der Waals surface area contributed by atoms with E-state index in [-0.39, 0.29) is 5.78 Å². The van der Waals surface area contributed by atoms with Crippen LogP contribution in [-0.4, -0.2) is 62.0 Å². The number of ether oxygens (including phenoxy) is 2. The molecular formula is C24H30N2O3. The van der Waals surface area contributed by atoms with Gasteiger partial charge in [-0.15, -0.1) is 0 Å². The molecule has 5 nitrogen and oxygen atoms in total. The molecule has 0 spiro atoms. The molecule has 2 aromatic carbocycles. The molecular weight excluding hydrogens is 364 g/mol. The minimum absolute atomic E-state index is 0.126. The second-order valence-corrected chi connectivity index (χ2v) is 7.37. The number of piperazine rings is 1. The number of benzene rings is 2. The Labute approximate surface area is 173 Å². The van der Waals surface area contributed by atoms with Crippen molar-refractivity contribution < 1.29 is 14.3 Å². The van der Waals surface area contributed by atoms with Gasteiger partial charge >= 0.3 is 0 Å². The van der Waals surface area contributed by atoms with Crippen molar-refractivity contribution in [2.45, 2.75) is 13.3 Å². The van der Waals surface area contributed by atoms with Gasteiger partial charge in [0.2, 0.25) is 0 Å². The Kier molecular flexibility index (Phi) is 7.85. The zero-order valence-electron chi connectivity index (χ0n) is 17.3. The second kappa shape index (κ2) is 10.8. The molecule has 0 N–H and O–H groups in total. The SMILES string of the molecule is CC(=O)C(=Cc1ccccc1)Oc1ccccc1OCCCN1CCN(C)CC1. The first kappa shape index (κ1) is 21.1.